The molecule has 0 aromatic heterocycles. The Hall–Kier alpha value is -2.24. The normalized spacial score (nSPS) is 9.38. The van der Waals surface area contributed by atoms with Gasteiger partial charge in [0.05, 0.1) is 14.2 Å². The molecule has 0 aliphatic rings. The van der Waals surface area contributed by atoms with E-state index in [0.717, 1.165) is 0 Å². The van der Waals surface area contributed by atoms with Crippen molar-refractivity contribution in [2.24, 2.45) is 5.73 Å². The number of nitrogens with two attached hydrogens (primary N) is 1. The third-order valence-electron chi connectivity index (χ3n) is 1.87. The Bertz CT molecular complexity index is 417. The highest BCUT2D eigenvalue weighted by Crippen LogP contribution is 2.29. The molecule has 2 amide bonds. The van der Waals surface area contributed by atoms with Crippen LogP contribution in [0.3, 0.4) is 0 Å². The van der Waals surface area contributed by atoms with Crippen LogP contribution >= 0.6 is 0 Å². The van der Waals surface area contributed by atoms with Crippen molar-refractivity contribution in [1.82, 2.24) is 0 Å². The van der Waals surface area contributed by atoms with Gasteiger partial charge in [0.2, 0.25) is 0 Å². The van der Waals surface area contributed by atoms with Crippen molar-refractivity contribution >= 4 is 17.5 Å². The number of hydrogen-bond acceptors (Lipinski definition) is 4. The predicted octanol–water partition coefficient (Wildman–Crippen LogP) is 0.128. The lowest BCUT2D eigenvalue weighted by atomic mass is 10.2. The van der Waals surface area contributed by atoms with Gasteiger partial charge in [0, 0.05) is 11.8 Å². The number of carbonyl (C=O) groups is 2. The lowest BCUT2D eigenvalue weighted by Crippen LogP contribution is -2.29. The predicted molar refractivity (Wildman–Crippen MR) is 57.4 cm³/mol. The third-order valence-corrected chi connectivity index (χ3v) is 1.87. The van der Waals surface area contributed by atoms with Gasteiger partial charge >= 0.3 is 11.8 Å². The van der Waals surface area contributed by atoms with Crippen LogP contribution in [-0.2, 0) is 9.59 Å². The van der Waals surface area contributed by atoms with Crippen LogP contribution in [0.2, 0.25) is 0 Å². The average Bonchev–Trinajstić information content (AvgIpc) is 2.28. The average molecular weight is 224 g/mol. The maximum atomic E-state index is 11.0. The standard InChI is InChI=1S/C10H12N2O4/c1-15-7-4-3-6(5-8(7)16-2)12-10(14)9(11)13/h3-5H,1-2H3,(H2,11,13)(H,12,14). The van der Waals surface area contributed by atoms with Gasteiger partial charge in [0.1, 0.15) is 0 Å². The third kappa shape index (κ3) is 2.63. The number of benzene rings is 1. The molecule has 0 saturated carbocycles. The Morgan fingerprint density at radius 3 is 2.31 bits per heavy atom. The van der Waals surface area contributed by atoms with Crippen LogP contribution in [0.25, 0.3) is 0 Å². The zero-order valence-corrected chi connectivity index (χ0v) is 8.94. The molecular weight excluding hydrogens is 212 g/mol. The summed E-state index contributed by atoms with van der Waals surface area (Å²) in [6.07, 6.45) is 0. The van der Waals surface area contributed by atoms with E-state index in [9.17, 15) is 9.59 Å². The number of nitrogens with one attached hydrogen (secondary N) is 1. The van der Waals surface area contributed by atoms with E-state index in [0.29, 0.717) is 17.2 Å². The number of amides is 2. The summed E-state index contributed by atoms with van der Waals surface area (Å²) >= 11 is 0. The van der Waals surface area contributed by atoms with Crippen LogP contribution in [0.1, 0.15) is 0 Å². The highest BCUT2D eigenvalue weighted by Gasteiger charge is 2.10. The minimum absolute atomic E-state index is 0.404. The molecular formula is C10H12N2O4. The minimum atomic E-state index is -1.05. The number of hydrogen-bond donors (Lipinski definition) is 2. The van der Waals surface area contributed by atoms with E-state index in [2.05, 4.69) is 5.32 Å². The molecule has 16 heavy (non-hydrogen) atoms. The summed E-state index contributed by atoms with van der Waals surface area (Å²) in [5.41, 5.74) is 5.21. The molecule has 6 heteroatoms. The van der Waals surface area contributed by atoms with E-state index in [1.165, 1.54) is 20.3 Å². The van der Waals surface area contributed by atoms with Crippen LogP contribution in [-0.4, -0.2) is 26.0 Å². The number of anilines is 1. The number of rotatable bonds is 3. The molecule has 0 aliphatic heterocycles. The van der Waals surface area contributed by atoms with Gasteiger partial charge in [0.25, 0.3) is 0 Å². The molecule has 86 valence electrons. The minimum Gasteiger partial charge on any atom is -0.493 e. The summed E-state index contributed by atoms with van der Waals surface area (Å²) in [7, 11) is 2.97. The van der Waals surface area contributed by atoms with Gasteiger partial charge in [-0.1, -0.05) is 0 Å². The maximum Gasteiger partial charge on any atom is 0.313 e. The number of carbonyl (C=O) groups excluding carboxylic acids is 2. The number of ether oxygens (including phenoxy) is 2. The van der Waals surface area contributed by atoms with Gasteiger partial charge in [-0.15, -0.1) is 0 Å². The maximum absolute atomic E-state index is 11.0. The quantitative estimate of drug-likeness (QED) is 0.714. The second kappa shape index (κ2) is 5.01. The molecule has 0 saturated heterocycles. The molecule has 0 aliphatic carbocycles. The second-order valence-corrected chi connectivity index (χ2v) is 2.89. The first-order valence-electron chi connectivity index (χ1n) is 4.41. The van der Waals surface area contributed by atoms with Crippen LogP contribution in [0.4, 0.5) is 5.69 Å². The van der Waals surface area contributed by atoms with Crippen molar-refractivity contribution < 1.29 is 19.1 Å². The number of methoxy groups -OCH3 is 2. The Morgan fingerprint density at radius 1 is 1.19 bits per heavy atom. The molecule has 0 fully saturated rings. The van der Waals surface area contributed by atoms with E-state index in [-0.39, 0.29) is 0 Å². The Kier molecular flexibility index (Phi) is 3.71. The molecule has 0 unspecified atom stereocenters. The zero-order chi connectivity index (χ0) is 12.1. The molecule has 0 atom stereocenters. The smallest absolute Gasteiger partial charge is 0.313 e. The molecule has 0 radical (unpaired) electrons. The first kappa shape index (κ1) is 11.8. The molecule has 0 bridgehead atoms. The van der Waals surface area contributed by atoms with E-state index < -0.39 is 11.8 Å². The van der Waals surface area contributed by atoms with E-state index in [1.807, 2.05) is 0 Å². The zero-order valence-electron chi connectivity index (χ0n) is 8.94. The highest BCUT2D eigenvalue weighted by atomic mass is 16.5. The van der Waals surface area contributed by atoms with Crippen molar-refractivity contribution in [2.75, 3.05) is 19.5 Å². The lowest BCUT2D eigenvalue weighted by molar-refractivity contribution is -0.134. The molecule has 1 aromatic rings. The largest absolute Gasteiger partial charge is 0.493 e. The van der Waals surface area contributed by atoms with Gasteiger partial charge in [-0.2, -0.15) is 0 Å². The fourth-order valence-electron chi connectivity index (χ4n) is 1.11. The Labute approximate surface area is 92.3 Å². The van der Waals surface area contributed by atoms with E-state index in [4.69, 9.17) is 15.2 Å². The summed E-state index contributed by atoms with van der Waals surface area (Å²) in [6, 6.07) is 4.71. The van der Waals surface area contributed by atoms with E-state index >= 15 is 0 Å². The highest BCUT2D eigenvalue weighted by molar-refractivity contribution is 6.39. The molecule has 6 nitrogen and oxygen atoms in total. The molecule has 1 rings (SSSR count). The van der Waals surface area contributed by atoms with Gasteiger partial charge in [-0.05, 0) is 12.1 Å². The molecule has 0 heterocycles. The first-order valence-corrected chi connectivity index (χ1v) is 4.41. The van der Waals surface area contributed by atoms with Crippen molar-refractivity contribution in [3.63, 3.8) is 0 Å². The molecule has 0 spiro atoms. The van der Waals surface area contributed by atoms with Gasteiger partial charge in [-0.3, -0.25) is 9.59 Å². The van der Waals surface area contributed by atoms with Gasteiger partial charge in [-0.25, -0.2) is 0 Å². The SMILES string of the molecule is COc1ccc(NC(=O)C(N)=O)cc1OC. The van der Waals surface area contributed by atoms with Gasteiger partial charge < -0.3 is 20.5 Å². The first-order chi connectivity index (χ1) is 7.58. The fourth-order valence-corrected chi connectivity index (χ4v) is 1.11. The van der Waals surface area contributed by atoms with Crippen LogP contribution < -0.4 is 20.5 Å². The topological polar surface area (TPSA) is 90.6 Å². The van der Waals surface area contributed by atoms with Crippen molar-refractivity contribution in [1.29, 1.82) is 0 Å². The van der Waals surface area contributed by atoms with Crippen molar-refractivity contribution in [2.45, 2.75) is 0 Å². The van der Waals surface area contributed by atoms with Gasteiger partial charge in [0.15, 0.2) is 11.5 Å². The summed E-state index contributed by atoms with van der Waals surface area (Å²) in [5.74, 6) is -0.952. The number of primary amides is 1. The van der Waals surface area contributed by atoms with Crippen molar-refractivity contribution in [3.05, 3.63) is 18.2 Å². The lowest BCUT2D eigenvalue weighted by Gasteiger charge is -2.09. The summed E-state index contributed by atoms with van der Waals surface area (Å²) in [5, 5.41) is 2.32. The monoisotopic (exact) mass is 224 g/mol. The van der Waals surface area contributed by atoms with Crippen molar-refractivity contribution in [3.8, 4) is 11.5 Å². The Morgan fingerprint density at radius 2 is 1.81 bits per heavy atom. The second-order valence-electron chi connectivity index (χ2n) is 2.89. The van der Waals surface area contributed by atoms with Crippen LogP contribution in [0, 0.1) is 0 Å². The molecule has 3 N–H and O–H groups in total. The summed E-state index contributed by atoms with van der Waals surface area (Å²) < 4.78 is 10.0. The molecule has 1 aromatic carbocycles. The van der Waals surface area contributed by atoms with Crippen LogP contribution in [0.5, 0.6) is 11.5 Å². The van der Waals surface area contributed by atoms with E-state index in [1.54, 1.807) is 12.1 Å². The fraction of sp³-hybridized carbons (Fsp3) is 0.200. The summed E-state index contributed by atoms with van der Waals surface area (Å²) in [6.45, 7) is 0. The Balaban J connectivity index is 2.91. The summed E-state index contributed by atoms with van der Waals surface area (Å²) in [4.78, 5) is 21.5. The van der Waals surface area contributed by atoms with Crippen LogP contribution in [0.15, 0.2) is 18.2 Å².